The summed E-state index contributed by atoms with van der Waals surface area (Å²) in [4.78, 5) is 27.1. The lowest BCUT2D eigenvalue weighted by atomic mass is 10.1. The van der Waals surface area contributed by atoms with Crippen LogP contribution in [0, 0.1) is 5.92 Å². The van der Waals surface area contributed by atoms with E-state index in [-0.39, 0.29) is 24.3 Å². The number of hydrogen-bond donors (Lipinski definition) is 1. The maximum atomic E-state index is 12.9. The van der Waals surface area contributed by atoms with Gasteiger partial charge in [-0.2, -0.15) is 0 Å². The van der Waals surface area contributed by atoms with Crippen molar-refractivity contribution >= 4 is 39.1 Å². The molecule has 2 aliphatic rings. The van der Waals surface area contributed by atoms with Crippen molar-refractivity contribution in [2.45, 2.75) is 31.8 Å². The minimum atomic E-state index is -0.417. The van der Waals surface area contributed by atoms with Crippen LogP contribution in [-0.4, -0.2) is 37.7 Å². The molecule has 2 aliphatic heterocycles. The molecule has 2 fully saturated rings. The fourth-order valence-corrected chi connectivity index (χ4v) is 4.34. The van der Waals surface area contributed by atoms with E-state index >= 15 is 0 Å². The second kappa shape index (κ2) is 9.62. The van der Waals surface area contributed by atoms with Crippen LogP contribution in [0.4, 0.5) is 11.4 Å². The summed E-state index contributed by atoms with van der Waals surface area (Å²) in [6.07, 6.45) is 3.51. The topological polar surface area (TPSA) is 67.9 Å². The van der Waals surface area contributed by atoms with Crippen molar-refractivity contribution in [1.82, 2.24) is 0 Å². The van der Waals surface area contributed by atoms with E-state index in [1.54, 1.807) is 4.90 Å². The third kappa shape index (κ3) is 4.84. The van der Waals surface area contributed by atoms with E-state index in [0.717, 1.165) is 36.0 Å². The highest BCUT2D eigenvalue weighted by molar-refractivity contribution is 9.10. The first kappa shape index (κ1) is 20.9. The lowest BCUT2D eigenvalue weighted by molar-refractivity contribution is -0.122. The summed E-state index contributed by atoms with van der Waals surface area (Å²) in [5.74, 6) is -0.0322. The second-order valence-corrected chi connectivity index (χ2v) is 8.50. The fourth-order valence-electron chi connectivity index (χ4n) is 3.84. The van der Waals surface area contributed by atoms with E-state index in [2.05, 4.69) is 21.2 Å². The van der Waals surface area contributed by atoms with Crippen LogP contribution >= 0.6 is 15.9 Å². The number of carbonyl (C=O) groups excluding carboxylic acids is 2. The number of nitrogens with one attached hydrogen (secondary N) is 1. The molecule has 2 heterocycles. The van der Waals surface area contributed by atoms with Gasteiger partial charge < -0.3 is 19.7 Å². The predicted octanol–water partition coefficient (Wildman–Crippen LogP) is 4.39. The van der Waals surface area contributed by atoms with Gasteiger partial charge in [-0.15, -0.1) is 0 Å². The van der Waals surface area contributed by atoms with Gasteiger partial charge in [-0.05, 0) is 59.5 Å². The second-order valence-electron chi connectivity index (χ2n) is 7.64. The highest BCUT2D eigenvalue weighted by Crippen LogP contribution is 2.32. The molecule has 2 aromatic rings. The Hall–Kier alpha value is -2.38. The smallest absolute Gasteiger partial charge is 0.229 e. The number of nitrogens with zero attached hydrogens (tertiary/aromatic N) is 1. The fraction of sp³-hybridized carbons (Fsp3) is 0.391. The quantitative estimate of drug-likeness (QED) is 0.676. The normalized spacial score (nSPS) is 21.5. The maximum absolute atomic E-state index is 12.9. The maximum Gasteiger partial charge on any atom is 0.229 e. The number of benzene rings is 2. The molecule has 1 N–H and O–H groups in total. The molecule has 2 atom stereocenters. The first-order valence-electron chi connectivity index (χ1n) is 10.3. The Kier molecular flexibility index (Phi) is 6.69. The van der Waals surface area contributed by atoms with Crippen molar-refractivity contribution in [3.63, 3.8) is 0 Å². The van der Waals surface area contributed by atoms with Crippen LogP contribution < -0.4 is 15.0 Å². The molecule has 2 saturated heterocycles. The van der Waals surface area contributed by atoms with Crippen LogP contribution in [0.3, 0.4) is 0 Å². The average molecular weight is 473 g/mol. The Morgan fingerprint density at radius 3 is 2.77 bits per heavy atom. The van der Waals surface area contributed by atoms with Crippen molar-refractivity contribution in [2.24, 2.45) is 5.92 Å². The Balaban J connectivity index is 1.39. The first-order valence-corrected chi connectivity index (χ1v) is 11.1. The molecular weight excluding hydrogens is 448 g/mol. The Bertz CT molecular complexity index is 914. The molecule has 2 amide bonds. The van der Waals surface area contributed by atoms with Crippen molar-refractivity contribution in [2.75, 3.05) is 30.0 Å². The Morgan fingerprint density at radius 1 is 1.17 bits per heavy atom. The molecule has 0 aromatic heterocycles. The highest BCUT2D eigenvalue weighted by Gasteiger charge is 2.36. The minimum Gasteiger partial charge on any atom is -0.489 e. The predicted molar refractivity (Wildman–Crippen MR) is 119 cm³/mol. The molecule has 30 heavy (non-hydrogen) atoms. The van der Waals surface area contributed by atoms with Gasteiger partial charge in [0.15, 0.2) is 0 Å². The molecule has 7 heteroatoms. The molecular formula is C23H25BrN2O4. The van der Waals surface area contributed by atoms with Crippen molar-refractivity contribution in [1.29, 1.82) is 0 Å². The summed E-state index contributed by atoms with van der Waals surface area (Å²) < 4.78 is 12.5. The number of carbonyl (C=O) groups is 2. The Morgan fingerprint density at radius 2 is 1.97 bits per heavy atom. The van der Waals surface area contributed by atoms with E-state index in [4.69, 9.17) is 9.47 Å². The van der Waals surface area contributed by atoms with Gasteiger partial charge in [0.1, 0.15) is 12.4 Å². The van der Waals surface area contributed by atoms with Crippen LogP contribution in [-0.2, 0) is 14.3 Å². The van der Waals surface area contributed by atoms with Gasteiger partial charge >= 0.3 is 0 Å². The van der Waals surface area contributed by atoms with Crippen LogP contribution in [0.15, 0.2) is 53.0 Å². The molecule has 4 rings (SSSR count). The lowest BCUT2D eigenvalue weighted by Crippen LogP contribution is -2.28. The molecule has 6 nitrogen and oxygen atoms in total. The van der Waals surface area contributed by atoms with E-state index in [0.29, 0.717) is 24.6 Å². The van der Waals surface area contributed by atoms with E-state index in [9.17, 15) is 9.59 Å². The minimum absolute atomic E-state index is 0.0546. The van der Waals surface area contributed by atoms with Crippen molar-refractivity contribution in [3.8, 4) is 5.75 Å². The van der Waals surface area contributed by atoms with E-state index in [1.165, 1.54) is 0 Å². The average Bonchev–Trinajstić information content (AvgIpc) is 3.16. The van der Waals surface area contributed by atoms with Gasteiger partial charge in [0.25, 0.3) is 0 Å². The summed E-state index contributed by atoms with van der Waals surface area (Å²) in [6.45, 7) is 1.59. The highest BCUT2D eigenvalue weighted by atomic mass is 79.9. The van der Waals surface area contributed by atoms with Gasteiger partial charge in [0, 0.05) is 24.0 Å². The van der Waals surface area contributed by atoms with Gasteiger partial charge in [-0.1, -0.05) is 24.3 Å². The van der Waals surface area contributed by atoms with Gasteiger partial charge in [0.2, 0.25) is 11.8 Å². The number of halogens is 1. The van der Waals surface area contributed by atoms with E-state index < -0.39 is 5.92 Å². The molecule has 0 spiro atoms. The zero-order chi connectivity index (χ0) is 20.9. The van der Waals surface area contributed by atoms with Gasteiger partial charge in [-0.3, -0.25) is 9.59 Å². The number of anilines is 2. The number of amides is 2. The van der Waals surface area contributed by atoms with Crippen LogP contribution in [0.25, 0.3) is 0 Å². The summed E-state index contributed by atoms with van der Waals surface area (Å²) in [7, 11) is 0. The van der Waals surface area contributed by atoms with Gasteiger partial charge in [-0.25, -0.2) is 0 Å². The molecule has 2 aromatic carbocycles. The molecule has 2 unspecified atom stereocenters. The largest absolute Gasteiger partial charge is 0.489 e. The first-order chi connectivity index (χ1) is 14.6. The number of ether oxygens (including phenoxy) is 2. The van der Waals surface area contributed by atoms with Crippen LogP contribution in [0.1, 0.15) is 25.7 Å². The third-order valence-electron chi connectivity index (χ3n) is 5.48. The molecule has 0 bridgehead atoms. The van der Waals surface area contributed by atoms with Gasteiger partial charge in [0.05, 0.1) is 23.4 Å². The molecule has 158 valence electrons. The zero-order valence-corrected chi connectivity index (χ0v) is 18.3. The summed E-state index contributed by atoms with van der Waals surface area (Å²) in [6, 6.07) is 14.9. The van der Waals surface area contributed by atoms with Crippen molar-refractivity contribution < 1.29 is 19.1 Å². The van der Waals surface area contributed by atoms with E-state index in [1.807, 2.05) is 48.5 Å². The summed E-state index contributed by atoms with van der Waals surface area (Å²) in [5, 5.41) is 2.95. The standard InChI is InChI=1S/C23H25BrN2O4/c24-18-8-1-3-10-20(18)26-14-16(13-22(26)27)23(28)25-19-9-2-4-11-21(19)30-15-17-7-5-6-12-29-17/h1-4,8-11,16-17H,5-7,12-15H2,(H,25,28). The monoisotopic (exact) mass is 472 g/mol. The van der Waals surface area contributed by atoms with Crippen LogP contribution in [0.5, 0.6) is 5.75 Å². The molecule has 0 radical (unpaired) electrons. The third-order valence-corrected chi connectivity index (χ3v) is 6.15. The summed E-state index contributed by atoms with van der Waals surface area (Å²) in [5.41, 5.74) is 1.40. The zero-order valence-electron chi connectivity index (χ0n) is 16.7. The number of rotatable bonds is 6. The van der Waals surface area contributed by atoms with Crippen LogP contribution in [0.2, 0.25) is 0 Å². The lowest BCUT2D eigenvalue weighted by Gasteiger charge is -2.23. The molecule has 0 aliphatic carbocycles. The van der Waals surface area contributed by atoms with Crippen molar-refractivity contribution in [3.05, 3.63) is 53.0 Å². The number of hydrogen-bond acceptors (Lipinski definition) is 4. The summed E-state index contributed by atoms with van der Waals surface area (Å²) >= 11 is 3.48. The Labute approximate surface area is 184 Å². The molecule has 0 saturated carbocycles. The SMILES string of the molecule is O=C(Nc1ccccc1OCC1CCCCO1)C1CC(=O)N(c2ccccc2Br)C1. The number of para-hydroxylation sites is 3.